The van der Waals surface area contributed by atoms with Gasteiger partial charge in [0.05, 0.1) is 17.7 Å². The minimum absolute atomic E-state index is 0.0786. The van der Waals surface area contributed by atoms with E-state index in [-0.39, 0.29) is 17.3 Å². The molecule has 9 heteroatoms. The van der Waals surface area contributed by atoms with Crippen LogP contribution in [0.2, 0.25) is 0 Å². The summed E-state index contributed by atoms with van der Waals surface area (Å²) in [5.41, 5.74) is 2.87. The Balaban J connectivity index is 2.08. The monoisotopic (exact) mass is 565 g/mol. The zero-order valence-corrected chi connectivity index (χ0v) is 24.7. The van der Waals surface area contributed by atoms with Crippen LogP contribution in [-0.4, -0.2) is 51.4 Å². The molecular formula is C31H39N3O5S. The number of hydrogen-bond acceptors (Lipinski definition) is 5. The topological polar surface area (TPSA) is 96.0 Å². The van der Waals surface area contributed by atoms with Gasteiger partial charge in [-0.3, -0.25) is 13.9 Å². The molecule has 2 amide bonds. The summed E-state index contributed by atoms with van der Waals surface area (Å²) < 4.78 is 34.4. The second-order valence-corrected chi connectivity index (χ2v) is 11.6. The summed E-state index contributed by atoms with van der Waals surface area (Å²) in [6.45, 7) is 7.66. The van der Waals surface area contributed by atoms with E-state index in [9.17, 15) is 18.0 Å². The fourth-order valence-electron chi connectivity index (χ4n) is 4.57. The van der Waals surface area contributed by atoms with Crippen molar-refractivity contribution in [2.45, 2.75) is 58.0 Å². The number of rotatable bonds is 13. The van der Waals surface area contributed by atoms with Crippen LogP contribution in [0.4, 0.5) is 5.69 Å². The second kappa shape index (κ2) is 14.0. The van der Waals surface area contributed by atoms with Gasteiger partial charge in [0, 0.05) is 13.1 Å². The second-order valence-electron chi connectivity index (χ2n) is 9.70. The summed E-state index contributed by atoms with van der Waals surface area (Å²) >= 11 is 0. The molecule has 0 aliphatic heterocycles. The molecule has 0 unspecified atom stereocenters. The quantitative estimate of drug-likeness (QED) is 0.320. The van der Waals surface area contributed by atoms with Crippen molar-refractivity contribution in [2.75, 3.05) is 24.5 Å². The Kier molecular flexibility index (Phi) is 10.7. The normalized spacial score (nSPS) is 11.9. The Morgan fingerprint density at radius 3 is 2.30 bits per heavy atom. The lowest BCUT2D eigenvalue weighted by Gasteiger charge is -2.33. The lowest BCUT2D eigenvalue weighted by atomic mass is 10.1. The lowest BCUT2D eigenvalue weighted by molar-refractivity contribution is -0.140. The molecule has 3 aromatic carbocycles. The van der Waals surface area contributed by atoms with Gasteiger partial charge in [0.25, 0.3) is 10.0 Å². The third kappa shape index (κ3) is 7.41. The zero-order valence-electron chi connectivity index (χ0n) is 23.9. The molecule has 0 fully saturated rings. The van der Waals surface area contributed by atoms with Gasteiger partial charge in [-0.05, 0) is 68.1 Å². The molecule has 0 aliphatic rings. The highest BCUT2D eigenvalue weighted by molar-refractivity contribution is 7.92. The number of carbonyl (C=O) groups excluding carboxylic acids is 2. The Hall–Kier alpha value is -3.85. The number of sulfonamides is 1. The maximum atomic E-state index is 14.1. The molecule has 1 atom stereocenters. The van der Waals surface area contributed by atoms with E-state index in [4.69, 9.17) is 4.74 Å². The first-order valence-corrected chi connectivity index (χ1v) is 14.9. The highest BCUT2D eigenvalue weighted by atomic mass is 32.2. The van der Waals surface area contributed by atoms with E-state index in [1.54, 1.807) is 43.5 Å². The van der Waals surface area contributed by atoms with Crippen molar-refractivity contribution >= 4 is 27.5 Å². The Labute approximate surface area is 238 Å². The smallest absolute Gasteiger partial charge is 0.264 e. The molecule has 8 nitrogen and oxygen atoms in total. The summed E-state index contributed by atoms with van der Waals surface area (Å²) in [4.78, 5) is 28.9. The zero-order chi connectivity index (χ0) is 29.3. The van der Waals surface area contributed by atoms with E-state index in [1.807, 2.05) is 52.0 Å². The van der Waals surface area contributed by atoms with E-state index in [2.05, 4.69) is 5.32 Å². The first-order valence-electron chi connectivity index (χ1n) is 13.5. The van der Waals surface area contributed by atoms with Gasteiger partial charge in [0.15, 0.2) is 0 Å². The Morgan fingerprint density at radius 2 is 1.68 bits per heavy atom. The average molecular weight is 566 g/mol. The Bertz CT molecular complexity index is 1410. The van der Waals surface area contributed by atoms with Gasteiger partial charge in [-0.1, -0.05) is 61.9 Å². The highest BCUT2D eigenvalue weighted by Crippen LogP contribution is 2.28. The summed E-state index contributed by atoms with van der Waals surface area (Å²) in [6, 6.07) is 20.0. The van der Waals surface area contributed by atoms with Gasteiger partial charge in [-0.2, -0.15) is 0 Å². The van der Waals surface area contributed by atoms with Gasteiger partial charge in [-0.15, -0.1) is 0 Å². The summed E-state index contributed by atoms with van der Waals surface area (Å²) in [6.07, 6.45) is 1.11. The lowest BCUT2D eigenvalue weighted by Crippen LogP contribution is -2.52. The van der Waals surface area contributed by atoms with Crippen molar-refractivity contribution in [1.29, 1.82) is 0 Å². The summed E-state index contributed by atoms with van der Waals surface area (Å²) in [7, 11) is -2.54. The third-order valence-electron chi connectivity index (χ3n) is 6.65. The molecule has 1 N–H and O–H groups in total. The first-order chi connectivity index (χ1) is 19.1. The number of aryl methyl sites for hydroxylation is 2. The number of methoxy groups -OCH3 is 1. The van der Waals surface area contributed by atoms with Crippen LogP contribution in [0.3, 0.4) is 0 Å². The molecule has 0 saturated heterocycles. The van der Waals surface area contributed by atoms with Crippen molar-refractivity contribution < 1.29 is 22.7 Å². The predicted octanol–water partition coefficient (Wildman–Crippen LogP) is 4.84. The maximum absolute atomic E-state index is 14.1. The van der Waals surface area contributed by atoms with Crippen molar-refractivity contribution in [3.8, 4) is 5.75 Å². The van der Waals surface area contributed by atoms with E-state index >= 15 is 0 Å². The summed E-state index contributed by atoms with van der Waals surface area (Å²) in [5.74, 6) is -0.137. The van der Waals surface area contributed by atoms with Crippen LogP contribution in [0.1, 0.15) is 43.4 Å². The van der Waals surface area contributed by atoms with Crippen LogP contribution in [-0.2, 0) is 26.2 Å². The molecule has 40 heavy (non-hydrogen) atoms. The fraction of sp³-hybridized carbons (Fsp3) is 0.355. The van der Waals surface area contributed by atoms with Crippen LogP contribution in [0, 0.1) is 13.8 Å². The number of anilines is 1. The standard InChI is InChI=1S/C31H39N3O5S/c1-6-18-32-31(36)28(7-2)33(21-25-12-11-13-26(20-25)39-5)30(35)22-34(29-17-16-23(3)19-24(29)4)40(37,38)27-14-9-8-10-15-27/h8-17,19-20,28H,6-7,18,21-22H2,1-5H3,(H,32,36)/t28-/m0/s1. The molecule has 0 spiro atoms. The minimum Gasteiger partial charge on any atom is -0.497 e. The predicted molar refractivity (Wildman–Crippen MR) is 158 cm³/mol. The van der Waals surface area contributed by atoms with Gasteiger partial charge >= 0.3 is 0 Å². The van der Waals surface area contributed by atoms with Gasteiger partial charge in [-0.25, -0.2) is 8.42 Å². The molecule has 214 valence electrons. The SMILES string of the molecule is CCCNC(=O)[C@H](CC)N(Cc1cccc(OC)c1)C(=O)CN(c1ccc(C)cc1C)S(=O)(=O)c1ccccc1. The number of ether oxygens (including phenoxy) is 1. The molecule has 0 aliphatic carbocycles. The average Bonchev–Trinajstić information content (AvgIpc) is 2.95. The van der Waals surface area contributed by atoms with Crippen LogP contribution in [0.25, 0.3) is 0 Å². The van der Waals surface area contributed by atoms with Gasteiger partial charge < -0.3 is 15.0 Å². The number of nitrogens with zero attached hydrogens (tertiary/aromatic N) is 2. The molecule has 0 heterocycles. The molecule has 0 radical (unpaired) electrons. The Morgan fingerprint density at radius 1 is 0.950 bits per heavy atom. The van der Waals surface area contributed by atoms with E-state index in [0.717, 1.165) is 27.4 Å². The number of amides is 2. The van der Waals surface area contributed by atoms with Crippen molar-refractivity contribution in [3.63, 3.8) is 0 Å². The van der Waals surface area contributed by atoms with Gasteiger partial charge in [0.2, 0.25) is 11.8 Å². The van der Waals surface area contributed by atoms with Crippen LogP contribution >= 0.6 is 0 Å². The van der Waals surface area contributed by atoms with Crippen LogP contribution in [0.15, 0.2) is 77.7 Å². The van der Waals surface area contributed by atoms with Crippen LogP contribution < -0.4 is 14.4 Å². The first kappa shape index (κ1) is 30.7. The van der Waals surface area contributed by atoms with E-state index in [1.165, 1.54) is 17.0 Å². The third-order valence-corrected chi connectivity index (χ3v) is 8.43. The molecule has 3 aromatic rings. The largest absolute Gasteiger partial charge is 0.497 e. The van der Waals surface area contributed by atoms with Crippen molar-refractivity contribution in [1.82, 2.24) is 10.2 Å². The van der Waals surface area contributed by atoms with Crippen LogP contribution in [0.5, 0.6) is 5.75 Å². The van der Waals surface area contributed by atoms with E-state index < -0.39 is 28.5 Å². The highest BCUT2D eigenvalue weighted by Gasteiger charge is 2.34. The number of hydrogen-bond donors (Lipinski definition) is 1. The number of benzene rings is 3. The maximum Gasteiger partial charge on any atom is 0.264 e. The molecule has 0 saturated carbocycles. The summed E-state index contributed by atoms with van der Waals surface area (Å²) in [5, 5.41) is 2.89. The molecule has 0 bridgehead atoms. The number of nitrogens with one attached hydrogen (secondary N) is 1. The van der Waals surface area contributed by atoms with Crippen molar-refractivity contribution in [2.24, 2.45) is 0 Å². The number of carbonyl (C=O) groups is 2. The fourth-order valence-corrected chi connectivity index (χ4v) is 6.07. The molecule has 3 rings (SSSR count). The molecular weight excluding hydrogens is 526 g/mol. The minimum atomic E-state index is -4.10. The van der Waals surface area contributed by atoms with E-state index in [0.29, 0.717) is 24.4 Å². The van der Waals surface area contributed by atoms with Gasteiger partial charge in [0.1, 0.15) is 18.3 Å². The van der Waals surface area contributed by atoms with Crippen molar-refractivity contribution in [3.05, 3.63) is 89.5 Å². The molecule has 0 aromatic heterocycles.